The molecule has 2 aromatic heterocycles. The lowest BCUT2D eigenvalue weighted by molar-refractivity contribution is 0.102. The average molecular weight is 418 g/mol. The number of thioether (sulfide) groups is 1. The average Bonchev–Trinajstić information content (AvgIpc) is 3.31. The molecule has 0 atom stereocenters. The lowest BCUT2D eigenvalue weighted by Crippen LogP contribution is -2.16. The Morgan fingerprint density at radius 3 is 2.20 bits per heavy atom. The van der Waals surface area contributed by atoms with Gasteiger partial charge in [-0.25, -0.2) is 5.10 Å². The van der Waals surface area contributed by atoms with E-state index in [1.54, 1.807) is 0 Å². The molecule has 0 saturated carbocycles. The zero-order valence-corrected chi connectivity index (χ0v) is 17.7. The lowest BCUT2D eigenvalue weighted by atomic mass is 9.98. The fraction of sp³-hybridized carbons (Fsp3) is 0.174. The number of carbonyl (C=O) groups excluding carboxylic acids is 1. The van der Waals surface area contributed by atoms with E-state index in [2.05, 4.69) is 44.0 Å². The summed E-state index contributed by atoms with van der Waals surface area (Å²) in [5.74, 6) is 0.544. The molecule has 30 heavy (non-hydrogen) atoms. The van der Waals surface area contributed by atoms with Crippen LogP contribution in [0.15, 0.2) is 71.9 Å². The summed E-state index contributed by atoms with van der Waals surface area (Å²) in [7, 11) is 0. The van der Waals surface area contributed by atoms with Crippen LogP contribution in [-0.4, -0.2) is 31.3 Å². The number of nitrogens with two attached hydrogens (primary N) is 1. The molecule has 152 valence electrons. The van der Waals surface area contributed by atoms with Crippen LogP contribution in [0.5, 0.6) is 0 Å². The van der Waals surface area contributed by atoms with E-state index < -0.39 is 0 Å². The lowest BCUT2D eigenvalue weighted by Gasteiger charge is -2.24. The third kappa shape index (κ3) is 4.02. The van der Waals surface area contributed by atoms with Gasteiger partial charge in [-0.05, 0) is 31.0 Å². The smallest absolute Gasteiger partial charge is 0.216 e. The molecule has 0 spiro atoms. The third-order valence-corrected chi connectivity index (χ3v) is 5.94. The van der Waals surface area contributed by atoms with E-state index in [0.717, 1.165) is 17.0 Å². The SMILES string of the molecule is Cc1cc(C(=O)CSc2n[nH]c(N)n2)c(C)n1C(c1ccccc1)c1ccccc1. The van der Waals surface area contributed by atoms with Gasteiger partial charge in [0.05, 0.1) is 11.8 Å². The second-order valence-corrected chi connectivity index (χ2v) is 8.04. The first-order chi connectivity index (χ1) is 14.5. The van der Waals surface area contributed by atoms with Crippen molar-refractivity contribution in [1.82, 2.24) is 19.7 Å². The van der Waals surface area contributed by atoms with Crippen molar-refractivity contribution >= 4 is 23.5 Å². The van der Waals surface area contributed by atoms with E-state index in [1.807, 2.05) is 56.3 Å². The molecule has 0 bridgehead atoms. The largest absolute Gasteiger partial charge is 0.368 e. The predicted molar refractivity (Wildman–Crippen MR) is 120 cm³/mol. The van der Waals surface area contributed by atoms with Crippen molar-refractivity contribution in [3.63, 3.8) is 0 Å². The highest BCUT2D eigenvalue weighted by atomic mass is 32.2. The minimum absolute atomic E-state index is 0.00518. The Balaban J connectivity index is 1.69. The number of nitrogen functional groups attached to an aromatic ring is 1. The first kappa shape index (κ1) is 20.0. The molecule has 0 radical (unpaired) electrons. The summed E-state index contributed by atoms with van der Waals surface area (Å²) in [5.41, 5.74) is 10.6. The Labute approximate surface area is 179 Å². The minimum Gasteiger partial charge on any atom is -0.368 e. The zero-order chi connectivity index (χ0) is 21.1. The number of aromatic amines is 1. The number of rotatable bonds is 7. The van der Waals surface area contributed by atoms with Crippen LogP contribution in [-0.2, 0) is 0 Å². The number of anilines is 1. The topological polar surface area (TPSA) is 89.6 Å². The highest BCUT2D eigenvalue weighted by Gasteiger charge is 2.23. The molecule has 6 nitrogen and oxygen atoms in total. The minimum atomic E-state index is -0.00518. The van der Waals surface area contributed by atoms with Gasteiger partial charge >= 0.3 is 0 Å². The van der Waals surface area contributed by atoms with Crippen molar-refractivity contribution in [2.45, 2.75) is 25.0 Å². The van der Waals surface area contributed by atoms with Crippen molar-refractivity contribution in [3.05, 3.63) is 94.8 Å². The maximum atomic E-state index is 13.0. The zero-order valence-electron chi connectivity index (χ0n) is 16.9. The van der Waals surface area contributed by atoms with Crippen LogP contribution in [0.1, 0.15) is 38.9 Å². The number of aryl methyl sites for hydroxylation is 1. The predicted octanol–water partition coefficient (Wildman–Crippen LogP) is 4.42. The molecule has 0 amide bonds. The first-order valence-electron chi connectivity index (χ1n) is 9.67. The number of aromatic nitrogens is 4. The molecule has 3 N–H and O–H groups in total. The van der Waals surface area contributed by atoms with Crippen LogP contribution < -0.4 is 5.73 Å². The normalized spacial score (nSPS) is 11.2. The summed E-state index contributed by atoms with van der Waals surface area (Å²) < 4.78 is 2.24. The third-order valence-electron chi connectivity index (χ3n) is 5.09. The van der Waals surface area contributed by atoms with Gasteiger partial charge in [-0.2, -0.15) is 4.98 Å². The molecular weight excluding hydrogens is 394 g/mol. The molecular formula is C23H23N5OS. The summed E-state index contributed by atoms with van der Waals surface area (Å²) in [5, 5.41) is 7.04. The Morgan fingerprint density at radius 2 is 1.67 bits per heavy atom. The van der Waals surface area contributed by atoms with E-state index in [1.165, 1.54) is 22.9 Å². The number of nitrogens with one attached hydrogen (secondary N) is 1. The molecule has 0 aliphatic rings. The number of H-pyrrole nitrogens is 1. The maximum Gasteiger partial charge on any atom is 0.216 e. The highest BCUT2D eigenvalue weighted by molar-refractivity contribution is 7.99. The van der Waals surface area contributed by atoms with Gasteiger partial charge in [-0.15, -0.1) is 5.10 Å². The number of benzene rings is 2. The summed E-state index contributed by atoms with van der Waals surface area (Å²) in [6, 6.07) is 22.7. The second-order valence-electron chi connectivity index (χ2n) is 7.09. The van der Waals surface area contributed by atoms with Gasteiger partial charge in [0.2, 0.25) is 11.1 Å². The molecule has 0 saturated heterocycles. The van der Waals surface area contributed by atoms with E-state index in [-0.39, 0.29) is 23.5 Å². The van der Waals surface area contributed by atoms with Crippen LogP contribution in [0, 0.1) is 13.8 Å². The molecule has 2 aromatic carbocycles. The summed E-state index contributed by atoms with van der Waals surface area (Å²) in [4.78, 5) is 17.0. The highest BCUT2D eigenvalue weighted by Crippen LogP contribution is 2.32. The molecule has 0 unspecified atom stereocenters. The summed E-state index contributed by atoms with van der Waals surface area (Å²) in [6.07, 6.45) is 0. The van der Waals surface area contributed by atoms with Gasteiger partial charge in [0, 0.05) is 17.0 Å². The monoisotopic (exact) mass is 417 g/mol. The van der Waals surface area contributed by atoms with Crippen molar-refractivity contribution in [1.29, 1.82) is 0 Å². The van der Waals surface area contributed by atoms with Gasteiger partial charge in [-0.3, -0.25) is 4.79 Å². The van der Waals surface area contributed by atoms with Crippen molar-refractivity contribution < 1.29 is 4.79 Å². The Hall–Kier alpha value is -3.32. The van der Waals surface area contributed by atoms with Crippen LogP contribution >= 0.6 is 11.8 Å². The molecule has 2 heterocycles. The van der Waals surface area contributed by atoms with Gasteiger partial charge in [0.25, 0.3) is 0 Å². The molecule has 0 aliphatic heterocycles. The Bertz CT molecular complexity index is 1110. The summed E-state index contributed by atoms with van der Waals surface area (Å²) in [6.45, 7) is 4.06. The second kappa shape index (κ2) is 8.59. The molecule has 4 aromatic rings. The maximum absolute atomic E-state index is 13.0. The van der Waals surface area contributed by atoms with Crippen LogP contribution in [0.4, 0.5) is 5.95 Å². The number of ketones is 1. The Morgan fingerprint density at radius 1 is 1.07 bits per heavy atom. The van der Waals surface area contributed by atoms with Gasteiger partial charge in [0.15, 0.2) is 5.78 Å². The molecule has 0 fully saturated rings. The molecule has 7 heteroatoms. The fourth-order valence-corrected chi connectivity index (χ4v) is 4.44. The van der Waals surface area contributed by atoms with Gasteiger partial charge < -0.3 is 10.3 Å². The van der Waals surface area contributed by atoms with Crippen molar-refractivity contribution in [3.8, 4) is 0 Å². The number of Topliss-reactive ketones (excluding diaryl/α,β-unsaturated/α-hetero) is 1. The fourth-order valence-electron chi connectivity index (χ4n) is 3.75. The van der Waals surface area contributed by atoms with E-state index in [4.69, 9.17) is 5.73 Å². The van der Waals surface area contributed by atoms with E-state index >= 15 is 0 Å². The Kier molecular flexibility index (Phi) is 5.72. The van der Waals surface area contributed by atoms with Gasteiger partial charge in [-0.1, -0.05) is 72.4 Å². The van der Waals surface area contributed by atoms with Gasteiger partial charge in [0.1, 0.15) is 0 Å². The number of nitrogens with zero attached hydrogens (tertiary/aromatic N) is 3. The van der Waals surface area contributed by atoms with E-state index in [9.17, 15) is 4.79 Å². The van der Waals surface area contributed by atoms with E-state index in [0.29, 0.717) is 5.16 Å². The van der Waals surface area contributed by atoms with Crippen LogP contribution in [0.2, 0.25) is 0 Å². The van der Waals surface area contributed by atoms with Crippen LogP contribution in [0.25, 0.3) is 0 Å². The number of carbonyl (C=O) groups is 1. The number of hydrogen-bond acceptors (Lipinski definition) is 5. The summed E-state index contributed by atoms with van der Waals surface area (Å²) >= 11 is 1.28. The van der Waals surface area contributed by atoms with Crippen molar-refractivity contribution in [2.24, 2.45) is 0 Å². The quantitative estimate of drug-likeness (QED) is 0.343. The van der Waals surface area contributed by atoms with Crippen molar-refractivity contribution in [2.75, 3.05) is 11.5 Å². The first-order valence-corrected chi connectivity index (χ1v) is 10.7. The molecule has 0 aliphatic carbocycles. The number of hydrogen-bond donors (Lipinski definition) is 2. The molecule has 4 rings (SSSR count). The van der Waals surface area contributed by atoms with Crippen LogP contribution in [0.3, 0.4) is 0 Å². The standard InChI is InChI=1S/C23H23N5OS/c1-15-13-19(20(29)14-30-23-25-22(24)26-27-23)16(2)28(15)21(17-9-5-3-6-10-17)18-11-7-4-8-12-18/h3-13,21H,14H2,1-2H3,(H3,24,25,26,27).